The lowest BCUT2D eigenvalue weighted by Crippen LogP contribution is -2.48. The maximum absolute atomic E-state index is 13.2. The lowest BCUT2D eigenvalue weighted by atomic mass is 10.1. The fourth-order valence-corrected chi connectivity index (χ4v) is 4.01. The van der Waals surface area contributed by atoms with Gasteiger partial charge in [-0.25, -0.2) is 4.68 Å². The van der Waals surface area contributed by atoms with E-state index in [1.54, 1.807) is 25.2 Å². The Morgan fingerprint density at radius 2 is 1.73 bits per heavy atom. The van der Waals surface area contributed by atoms with E-state index in [2.05, 4.69) is 10.00 Å². The Labute approximate surface area is 173 Å². The van der Waals surface area contributed by atoms with Crippen LogP contribution in [0.5, 0.6) is 11.5 Å². The Morgan fingerprint density at radius 3 is 2.53 bits per heavy atom. The Kier molecular flexibility index (Phi) is 4.63. The third-order valence-corrected chi connectivity index (χ3v) is 5.66. The van der Waals surface area contributed by atoms with Crippen LogP contribution in [-0.2, 0) is 13.6 Å². The summed E-state index contributed by atoms with van der Waals surface area (Å²) in [6.45, 7) is 3.82. The van der Waals surface area contributed by atoms with Crippen molar-refractivity contribution in [3.8, 4) is 11.5 Å². The van der Waals surface area contributed by atoms with Gasteiger partial charge in [-0.05, 0) is 23.8 Å². The number of aryl methyl sites for hydroxylation is 1. The monoisotopic (exact) mass is 406 g/mol. The molecule has 0 saturated carbocycles. The molecular weight excluding hydrogens is 384 g/mol. The van der Waals surface area contributed by atoms with Gasteiger partial charge in [-0.1, -0.05) is 24.3 Å². The van der Waals surface area contributed by atoms with E-state index >= 15 is 0 Å². The molecule has 1 amide bonds. The lowest BCUT2D eigenvalue weighted by Gasteiger charge is -2.34. The van der Waals surface area contributed by atoms with Crippen molar-refractivity contribution in [2.24, 2.45) is 7.05 Å². The van der Waals surface area contributed by atoms with Gasteiger partial charge in [-0.15, -0.1) is 0 Å². The zero-order valence-electron chi connectivity index (χ0n) is 16.7. The van der Waals surface area contributed by atoms with Gasteiger partial charge in [0.1, 0.15) is 0 Å². The van der Waals surface area contributed by atoms with Crippen LogP contribution in [0.1, 0.15) is 16.1 Å². The number of carbonyl (C=O) groups excluding carboxylic acids is 1. The molecule has 0 atom stereocenters. The molecule has 1 aromatic heterocycles. The van der Waals surface area contributed by atoms with Crippen LogP contribution in [0.3, 0.4) is 0 Å². The summed E-state index contributed by atoms with van der Waals surface area (Å²) in [7, 11) is 1.58. The summed E-state index contributed by atoms with van der Waals surface area (Å²) in [6.07, 6.45) is 0. The first-order valence-electron chi connectivity index (χ1n) is 9.96. The summed E-state index contributed by atoms with van der Waals surface area (Å²) in [4.78, 5) is 29.6. The molecule has 0 unspecified atom stereocenters. The highest BCUT2D eigenvalue weighted by Crippen LogP contribution is 2.32. The van der Waals surface area contributed by atoms with Crippen LogP contribution in [0.25, 0.3) is 10.8 Å². The van der Waals surface area contributed by atoms with Crippen molar-refractivity contribution in [3.05, 3.63) is 64.1 Å². The normalized spacial score (nSPS) is 16.2. The SMILES string of the molecule is Cn1nc(C(=O)N2CCN(Cc3ccc4c(c3)OCO4)CC2)c2ccccc2c1=O. The second-order valence-electron chi connectivity index (χ2n) is 7.58. The van der Waals surface area contributed by atoms with Crippen LogP contribution in [0, 0.1) is 0 Å². The topological polar surface area (TPSA) is 76.9 Å². The first kappa shape index (κ1) is 18.6. The Balaban J connectivity index is 1.29. The molecule has 5 rings (SSSR count). The molecule has 0 radical (unpaired) electrons. The first-order valence-corrected chi connectivity index (χ1v) is 9.96. The highest BCUT2D eigenvalue weighted by molar-refractivity contribution is 6.04. The number of aromatic nitrogens is 2. The molecule has 0 bridgehead atoms. The second-order valence-corrected chi connectivity index (χ2v) is 7.58. The zero-order valence-corrected chi connectivity index (χ0v) is 16.7. The van der Waals surface area contributed by atoms with Crippen LogP contribution < -0.4 is 15.0 Å². The van der Waals surface area contributed by atoms with Gasteiger partial charge in [0, 0.05) is 45.2 Å². The van der Waals surface area contributed by atoms with Crippen molar-refractivity contribution in [1.29, 1.82) is 0 Å². The van der Waals surface area contributed by atoms with Gasteiger partial charge in [0.2, 0.25) is 6.79 Å². The highest BCUT2D eigenvalue weighted by Gasteiger charge is 2.26. The van der Waals surface area contributed by atoms with E-state index in [9.17, 15) is 9.59 Å². The minimum absolute atomic E-state index is 0.135. The van der Waals surface area contributed by atoms with Crippen molar-refractivity contribution in [3.63, 3.8) is 0 Å². The maximum Gasteiger partial charge on any atom is 0.275 e. The van der Waals surface area contributed by atoms with Gasteiger partial charge in [0.05, 0.1) is 5.39 Å². The minimum atomic E-state index is -0.198. The number of ether oxygens (including phenoxy) is 2. The molecule has 8 nitrogen and oxygen atoms in total. The van der Waals surface area contributed by atoms with E-state index in [1.165, 1.54) is 4.68 Å². The summed E-state index contributed by atoms with van der Waals surface area (Å²) < 4.78 is 12.1. The molecule has 1 fully saturated rings. The average molecular weight is 406 g/mol. The predicted molar refractivity (Wildman–Crippen MR) is 111 cm³/mol. The minimum Gasteiger partial charge on any atom is -0.454 e. The molecule has 2 aliphatic heterocycles. The maximum atomic E-state index is 13.2. The molecule has 8 heteroatoms. The number of nitrogens with zero attached hydrogens (tertiary/aromatic N) is 4. The van der Waals surface area contributed by atoms with Gasteiger partial charge < -0.3 is 14.4 Å². The van der Waals surface area contributed by atoms with E-state index in [-0.39, 0.29) is 18.3 Å². The molecule has 3 aromatic rings. The number of fused-ring (bicyclic) bond motifs is 2. The number of piperazine rings is 1. The van der Waals surface area contributed by atoms with Gasteiger partial charge in [-0.2, -0.15) is 5.10 Å². The van der Waals surface area contributed by atoms with Crippen LogP contribution in [-0.4, -0.2) is 58.5 Å². The number of amides is 1. The van der Waals surface area contributed by atoms with Crippen LogP contribution in [0.2, 0.25) is 0 Å². The van der Waals surface area contributed by atoms with Crippen LogP contribution in [0.15, 0.2) is 47.3 Å². The van der Waals surface area contributed by atoms with Crippen LogP contribution >= 0.6 is 0 Å². The smallest absolute Gasteiger partial charge is 0.275 e. The first-order chi connectivity index (χ1) is 14.6. The Morgan fingerprint density at radius 1 is 1.00 bits per heavy atom. The summed E-state index contributed by atoms with van der Waals surface area (Å²) in [5.74, 6) is 1.43. The van der Waals surface area contributed by atoms with E-state index in [1.807, 2.05) is 29.2 Å². The molecule has 0 spiro atoms. The van der Waals surface area contributed by atoms with E-state index < -0.39 is 0 Å². The second kappa shape index (κ2) is 7.46. The molecule has 2 aromatic carbocycles. The number of carbonyl (C=O) groups is 1. The van der Waals surface area contributed by atoms with E-state index in [0.717, 1.165) is 36.7 Å². The van der Waals surface area contributed by atoms with Gasteiger partial charge in [0.15, 0.2) is 17.2 Å². The molecule has 0 aliphatic carbocycles. The van der Waals surface area contributed by atoms with Crippen molar-refractivity contribution in [1.82, 2.24) is 19.6 Å². The fourth-order valence-electron chi connectivity index (χ4n) is 4.01. The summed E-state index contributed by atoms with van der Waals surface area (Å²) in [5.41, 5.74) is 1.29. The molecule has 1 saturated heterocycles. The largest absolute Gasteiger partial charge is 0.454 e. The molecule has 154 valence electrons. The molecule has 0 N–H and O–H groups in total. The van der Waals surface area contributed by atoms with Crippen molar-refractivity contribution < 1.29 is 14.3 Å². The van der Waals surface area contributed by atoms with E-state index in [0.29, 0.717) is 29.6 Å². The molecular formula is C22H22N4O4. The molecule has 2 aliphatic rings. The quantitative estimate of drug-likeness (QED) is 0.658. The lowest BCUT2D eigenvalue weighted by molar-refractivity contribution is 0.0622. The number of rotatable bonds is 3. The highest BCUT2D eigenvalue weighted by atomic mass is 16.7. The van der Waals surface area contributed by atoms with Crippen molar-refractivity contribution in [2.45, 2.75) is 6.54 Å². The van der Waals surface area contributed by atoms with Gasteiger partial charge in [0.25, 0.3) is 11.5 Å². The summed E-state index contributed by atoms with van der Waals surface area (Å²) in [5, 5.41) is 5.39. The fraction of sp³-hybridized carbons (Fsp3) is 0.318. The third-order valence-electron chi connectivity index (χ3n) is 5.66. The van der Waals surface area contributed by atoms with Gasteiger partial charge >= 0.3 is 0 Å². The summed E-state index contributed by atoms with van der Waals surface area (Å²) in [6, 6.07) is 13.1. The predicted octanol–water partition coefficient (Wildman–Crippen LogP) is 1.62. The standard InChI is InChI=1S/C22H22N4O4/c1-24-21(27)17-5-3-2-4-16(17)20(23-24)22(28)26-10-8-25(9-11-26)13-15-6-7-18-19(12-15)30-14-29-18/h2-7,12H,8-11,13-14H2,1H3. The van der Waals surface area contributed by atoms with E-state index in [4.69, 9.17) is 9.47 Å². The average Bonchev–Trinajstić information content (AvgIpc) is 3.24. The molecule has 30 heavy (non-hydrogen) atoms. The van der Waals surface area contributed by atoms with Crippen molar-refractivity contribution >= 4 is 16.7 Å². The Bertz CT molecular complexity index is 1180. The zero-order chi connectivity index (χ0) is 20.7. The van der Waals surface area contributed by atoms with Gasteiger partial charge in [-0.3, -0.25) is 14.5 Å². The number of benzene rings is 2. The summed E-state index contributed by atoms with van der Waals surface area (Å²) >= 11 is 0. The van der Waals surface area contributed by atoms with Crippen LogP contribution in [0.4, 0.5) is 0 Å². The third kappa shape index (κ3) is 3.29. The molecule has 3 heterocycles. The number of hydrogen-bond donors (Lipinski definition) is 0. The number of hydrogen-bond acceptors (Lipinski definition) is 6. The van der Waals surface area contributed by atoms with Crippen molar-refractivity contribution in [2.75, 3.05) is 33.0 Å². The Hall–Kier alpha value is -3.39.